The van der Waals surface area contributed by atoms with Crippen LogP contribution in [-0.2, 0) is 17.8 Å². The van der Waals surface area contributed by atoms with Gasteiger partial charge in [-0.15, -0.1) is 23.1 Å². The largest absolute Gasteiger partial charge is 0.388 e. The van der Waals surface area contributed by atoms with Crippen molar-refractivity contribution < 1.29 is 9.90 Å². The van der Waals surface area contributed by atoms with E-state index in [1.807, 2.05) is 35.2 Å². The number of fused-ring (bicyclic) bond motifs is 1. The molecule has 0 bridgehead atoms. The smallest absolute Gasteiger partial charge is 0.236 e. The fourth-order valence-corrected chi connectivity index (χ4v) is 5.28. The monoisotopic (exact) mass is 375 g/mol. The first-order valence-electron chi connectivity index (χ1n) is 8.75. The molecule has 134 valence electrons. The van der Waals surface area contributed by atoms with E-state index in [1.54, 1.807) is 23.1 Å². The maximum Gasteiger partial charge on any atom is 0.236 e. The summed E-state index contributed by atoms with van der Waals surface area (Å²) in [5, 5.41) is 12.4. The fourth-order valence-electron chi connectivity index (χ4n) is 3.13. The Balaban J connectivity index is 1.62. The SMILES string of the molecule is CC(C)C(SCC(O)c1ccccc1)C(=O)N1CCc2sccc2C1. The lowest BCUT2D eigenvalue weighted by molar-refractivity contribution is -0.132. The Morgan fingerprint density at radius 1 is 1.28 bits per heavy atom. The lowest BCUT2D eigenvalue weighted by Gasteiger charge is -2.32. The van der Waals surface area contributed by atoms with Crippen LogP contribution in [0.1, 0.15) is 36.0 Å². The maximum absolute atomic E-state index is 13.0. The third-order valence-electron chi connectivity index (χ3n) is 4.59. The summed E-state index contributed by atoms with van der Waals surface area (Å²) in [5.41, 5.74) is 2.20. The van der Waals surface area contributed by atoms with Gasteiger partial charge in [-0.25, -0.2) is 0 Å². The lowest BCUT2D eigenvalue weighted by Crippen LogP contribution is -2.42. The second-order valence-electron chi connectivity index (χ2n) is 6.80. The van der Waals surface area contributed by atoms with Gasteiger partial charge in [-0.05, 0) is 34.9 Å². The van der Waals surface area contributed by atoms with Gasteiger partial charge < -0.3 is 10.0 Å². The Bertz CT molecular complexity index is 699. The molecule has 2 heterocycles. The summed E-state index contributed by atoms with van der Waals surface area (Å²) in [6.45, 7) is 5.70. The standard InChI is InChI=1S/C20H25NO2S2/c1-14(2)19(25-13-17(22)15-6-4-3-5-7-15)20(23)21-10-8-18-16(12-21)9-11-24-18/h3-7,9,11,14,17,19,22H,8,10,12-13H2,1-2H3. The second-order valence-corrected chi connectivity index (χ2v) is 8.98. The van der Waals surface area contributed by atoms with Gasteiger partial charge >= 0.3 is 0 Å². The highest BCUT2D eigenvalue weighted by Crippen LogP contribution is 2.30. The zero-order chi connectivity index (χ0) is 17.8. The Kier molecular flexibility index (Phi) is 6.20. The molecule has 2 aromatic rings. The molecule has 1 aromatic heterocycles. The highest BCUT2D eigenvalue weighted by Gasteiger charge is 2.30. The van der Waals surface area contributed by atoms with Crippen LogP contribution in [0.4, 0.5) is 0 Å². The van der Waals surface area contributed by atoms with Gasteiger partial charge in [0, 0.05) is 23.7 Å². The Labute approximate surface area is 158 Å². The molecule has 0 aliphatic carbocycles. The number of benzene rings is 1. The molecule has 25 heavy (non-hydrogen) atoms. The molecule has 1 aromatic carbocycles. The minimum Gasteiger partial charge on any atom is -0.388 e. The van der Waals surface area contributed by atoms with Crippen LogP contribution in [0.25, 0.3) is 0 Å². The van der Waals surface area contributed by atoms with Gasteiger partial charge in [0.25, 0.3) is 0 Å². The molecule has 0 fully saturated rings. The molecule has 2 atom stereocenters. The topological polar surface area (TPSA) is 40.5 Å². The van der Waals surface area contributed by atoms with Gasteiger partial charge in [0.15, 0.2) is 0 Å². The van der Waals surface area contributed by atoms with Gasteiger partial charge in [-0.1, -0.05) is 44.2 Å². The van der Waals surface area contributed by atoms with Crippen LogP contribution in [0.3, 0.4) is 0 Å². The number of carbonyl (C=O) groups is 1. The highest BCUT2D eigenvalue weighted by molar-refractivity contribution is 8.00. The summed E-state index contributed by atoms with van der Waals surface area (Å²) in [6.07, 6.45) is 0.422. The molecule has 1 N–H and O–H groups in total. The number of aliphatic hydroxyl groups is 1. The van der Waals surface area contributed by atoms with E-state index in [1.165, 1.54) is 10.4 Å². The fraction of sp³-hybridized carbons (Fsp3) is 0.450. The van der Waals surface area contributed by atoms with E-state index in [-0.39, 0.29) is 17.1 Å². The summed E-state index contributed by atoms with van der Waals surface area (Å²) in [4.78, 5) is 16.4. The number of nitrogens with zero attached hydrogens (tertiary/aromatic N) is 1. The van der Waals surface area contributed by atoms with Crippen LogP contribution in [0, 0.1) is 5.92 Å². The Morgan fingerprint density at radius 2 is 2.04 bits per heavy atom. The predicted molar refractivity (Wildman–Crippen MR) is 106 cm³/mol. The summed E-state index contributed by atoms with van der Waals surface area (Å²) in [6, 6.07) is 11.8. The van der Waals surface area contributed by atoms with E-state index in [2.05, 4.69) is 25.3 Å². The van der Waals surface area contributed by atoms with Gasteiger partial charge in [-0.2, -0.15) is 0 Å². The molecule has 1 aliphatic heterocycles. The molecule has 5 heteroatoms. The van der Waals surface area contributed by atoms with Gasteiger partial charge in [0.1, 0.15) is 0 Å². The van der Waals surface area contributed by atoms with Crippen LogP contribution in [-0.4, -0.2) is 33.5 Å². The van der Waals surface area contributed by atoms with E-state index >= 15 is 0 Å². The van der Waals surface area contributed by atoms with E-state index in [0.717, 1.165) is 25.1 Å². The normalized spacial score (nSPS) is 16.6. The molecule has 3 nitrogen and oxygen atoms in total. The van der Waals surface area contributed by atoms with Crippen molar-refractivity contribution >= 4 is 29.0 Å². The number of amides is 1. The highest BCUT2D eigenvalue weighted by atomic mass is 32.2. The quantitative estimate of drug-likeness (QED) is 0.825. The molecule has 0 saturated heterocycles. The zero-order valence-electron chi connectivity index (χ0n) is 14.7. The summed E-state index contributed by atoms with van der Waals surface area (Å²) < 4.78 is 0. The molecule has 0 saturated carbocycles. The van der Waals surface area contributed by atoms with Crippen molar-refractivity contribution in [3.8, 4) is 0 Å². The Morgan fingerprint density at radius 3 is 2.76 bits per heavy atom. The number of carbonyl (C=O) groups excluding carboxylic acids is 1. The third-order valence-corrected chi connectivity index (χ3v) is 7.22. The molecule has 0 spiro atoms. The summed E-state index contributed by atoms with van der Waals surface area (Å²) in [7, 11) is 0. The van der Waals surface area contributed by atoms with Crippen molar-refractivity contribution in [1.82, 2.24) is 4.90 Å². The first kappa shape index (κ1) is 18.5. The second kappa shape index (κ2) is 8.39. The Hall–Kier alpha value is -1.30. The first-order chi connectivity index (χ1) is 12.1. The van der Waals surface area contributed by atoms with Crippen molar-refractivity contribution in [2.75, 3.05) is 12.3 Å². The van der Waals surface area contributed by atoms with Crippen LogP contribution >= 0.6 is 23.1 Å². The molecule has 3 rings (SSSR count). The van der Waals surface area contributed by atoms with Crippen LogP contribution < -0.4 is 0 Å². The van der Waals surface area contributed by atoms with Crippen molar-refractivity contribution in [1.29, 1.82) is 0 Å². The van der Waals surface area contributed by atoms with Crippen LogP contribution in [0.2, 0.25) is 0 Å². The van der Waals surface area contributed by atoms with Crippen molar-refractivity contribution in [3.05, 3.63) is 57.8 Å². The minimum absolute atomic E-state index is 0.112. The molecule has 1 amide bonds. The van der Waals surface area contributed by atoms with Crippen LogP contribution in [0.15, 0.2) is 41.8 Å². The number of hydrogen-bond donors (Lipinski definition) is 1. The molecule has 1 aliphatic rings. The van der Waals surface area contributed by atoms with Crippen molar-refractivity contribution in [3.63, 3.8) is 0 Å². The van der Waals surface area contributed by atoms with Crippen molar-refractivity contribution in [2.24, 2.45) is 5.92 Å². The number of hydrogen-bond acceptors (Lipinski definition) is 4. The molecule has 2 unspecified atom stereocenters. The summed E-state index contributed by atoms with van der Waals surface area (Å²) >= 11 is 3.37. The first-order valence-corrected chi connectivity index (χ1v) is 10.7. The van der Waals surface area contributed by atoms with Gasteiger partial charge in [-0.3, -0.25) is 4.79 Å². The van der Waals surface area contributed by atoms with E-state index in [4.69, 9.17) is 0 Å². The number of rotatable bonds is 6. The lowest BCUT2D eigenvalue weighted by atomic mass is 10.1. The van der Waals surface area contributed by atoms with Crippen LogP contribution in [0.5, 0.6) is 0 Å². The average Bonchev–Trinajstić information content (AvgIpc) is 3.09. The average molecular weight is 376 g/mol. The van der Waals surface area contributed by atoms with E-state index < -0.39 is 6.10 Å². The van der Waals surface area contributed by atoms with Gasteiger partial charge in [0.05, 0.1) is 11.4 Å². The molecular weight excluding hydrogens is 350 g/mol. The zero-order valence-corrected chi connectivity index (χ0v) is 16.4. The predicted octanol–water partition coefficient (Wildman–Crippen LogP) is 4.12. The number of aliphatic hydroxyl groups excluding tert-OH is 1. The number of thioether (sulfide) groups is 1. The minimum atomic E-state index is -0.537. The van der Waals surface area contributed by atoms with E-state index in [0.29, 0.717) is 5.75 Å². The third kappa shape index (κ3) is 4.46. The maximum atomic E-state index is 13.0. The number of thiophene rings is 1. The van der Waals surface area contributed by atoms with E-state index in [9.17, 15) is 9.90 Å². The molecular formula is C20H25NO2S2. The van der Waals surface area contributed by atoms with Gasteiger partial charge in [0.2, 0.25) is 5.91 Å². The van der Waals surface area contributed by atoms with Crippen molar-refractivity contribution in [2.45, 2.75) is 38.2 Å². The molecule has 0 radical (unpaired) electrons. The summed E-state index contributed by atoms with van der Waals surface area (Å²) in [5.74, 6) is 0.984.